The first-order chi connectivity index (χ1) is 7.38. The molecule has 0 fully saturated rings. The summed E-state index contributed by atoms with van der Waals surface area (Å²) in [5.74, 6) is 0.698. The fourth-order valence-corrected chi connectivity index (χ4v) is 1.95. The molecule has 1 atom stereocenters. The van der Waals surface area contributed by atoms with Crippen LogP contribution in [0.1, 0.15) is 46.0 Å². The van der Waals surface area contributed by atoms with Crippen molar-refractivity contribution in [3.8, 4) is 0 Å². The van der Waals surface area contributed by atoms with E-state index in [0.29, 0.717) is 5.92 Å². The molecule has 1 heteroatoms. The molecule has 1 nitrogen and oxygen atoms in total. The number of hydrogen-bond donors (Lipinski definition) is 1. The molecule has 0 bridgehead atoms. The second-order valence-electron chi connectivity index (χ2n) is 4.11. The molecule has 84 valence electrons. The third-order valence-electron chi connectivity index (χ3n) is 2.93. The molecule has 1 N–H and O–H groups in total. The van der Waals surface area contributed by atoms with Crippen molar-refractivity contribution < 1.29 is 0 Å². The number of allylic oxidation sites excluding steroid dienone is 5. The van der Waals surface area contributed by atoms with Gasteiger partial charge in [0, 0.05) is 11.9 Å². The van der Waals surface area contributed by atoms with Crippen molar-refractivity contribution in [3.05, 3.63) is 36.2 Å². The van der Waals surface area contributed by atoms with Crippen LogP contribution in [0.25, 0.3) is 0 Å². The summed E-state index contributed by atoms with van der Waals surface area (Å²) in [6.45, 7) is 4.53. The van der Waals surface area contributed by atoms with Gasteiger partial charge in [0.25, 0.3) is 0 Å². The van der Waals surface area contributed by atoms with Gasteiger partial charge in [-0.2, -0.15) is 0 Å². The fraction of sp³-hybridized carbons (Fsp3) is 0.571. The van der Waals surface area contributed by atoms with Crippen molar-refractivity contribution in [1.82, 2.24) is 5.32 Å². The highest BCUT2D eigenvalue weighted by atomic mass is 14.9. The highest BCUT2D eigenvalue weighted by Gasteiger charge is 2.10. The minimum absolute atomic E-state index is 0.698. The zero-order valence-electron chi connectivity index (χ0n) is 10.00. The van der Waals surface area contributed by atoms with E-state index in [1.54, 1.807) is 0 Å². The molecule has 0 aromatic carbocycles. The van der Waals surface area contributed by atoms with Crippen molar-refractivity contribution in [2.75, 3.05) is 0 Å². The van der Waals surface area contributed by atoms with E-state index in [1.165, 1.54) is 37.8 Å². The average molecular weight is 205 g/mol. The molecule has 1 heterocycles. The molecular formula is C14H23N. The Bertz CT molecular complexity index is 248. The van der Waals surface area contributed by atoms with Crippen LogP contribution in [-0.4, -0.2) is 0 Å². The molecule has 1 aliphatic heterocycles. The van der Waals surface area contributed by atoms with E-state index in [-0.39, 0.29) is 0 Å². The molecule has 1 unspecified atom stereocenters. The van der Waals surface area contributed by atoms with Gasteiger partial charge in [0.15, 0.2) is 0 Å². The molecule has 0 aliphatic carbocycles. The predicted octanol–water partition coefficient (Wildman–Crippen LogP) is 4.15. The first-order valence-electron chi connectivity index (χ1n) is 6.18. The zero-order valence-corrected chi connectivity index (χ0v) is 10.00. The first kappa shape index (κ1) is 12.1. The minimum atomic E-state index is 0.698. The maximum Gasteiger partial charge on any atom is 0.0177 e. The molecule has 0 aromatic rings. The summed E-state index contributed by atoms with van der Waals surface area (Å²) in [4.78, 5) is 0. The summed E-state index contributed by atoms with van der Waals surface area (Å²) in [7, 11) is 0. The van der Waals surface area contributed by atoms with Crippen LogP contribution in [0.4, 0.5) is 0 Å². The van der Waals surface area contributed by atoms with Gasteiger partial charge in [-0.05, 0) is 30.9 Å². The lowest BCUT2D eigenvalue weighted by atomic mass is 9.95. The Morgan fingerprint density at radius 2 is 2.00 bits per heavy atom. The van der Waals surface area contributed by atoms with Crippen LogP contribution in [-0.2, 0) is 0 Å². The SMILES string of the molecule is CCCCCC(CC)C1=CC=CC=CN1. The Balaban J connectivity index is 2.46. The topological polar surface area (TPSA) is 12.0 Å². The molecule has 0 saturated heterocycles. The third-order valence-corrected chi connectivity index (χ3v) is 2.93. The van der Waals surface area contributed by atoms with E-state index in [1.807, 2.05) is 12.3 Å². The van der Waals surface area contributed by atoms with Gasteiger partial charge in [-0.25, -0.2) is 0 Å². The van der Waals surface area contributed by atoms with Gasteiger partial charge in [-0.15, -0.1) is 0 Å². The Hall–Kier alpha value is -0.980. The maximum atomic E-state index is 3.38. The Morgan fingerprint density at radius 1 is 1.13 bits per heavy atom. The Morgan fingerprint density at radius 3 is 2.73 bits per heavy atom. The molecule has 0 aromatic heterocycles. The van der Waals surface area contributed by atoms with Gasteiger partial charge in [0.2, 0.25) is 0 Å². The fourth-order valence-electron chi connectivity index (χ4n) is 1.95. The molecule has 0 amide bonds. The molecule has 15 heavy (non-hydrogen) atoms. The number of rotatable bonds is 6. The molecule has 1 rings (SSSR count). The number of unbranched alkanes of at least 4 members (excludes halogenated alkanes) is 2. The van der Waals surface area contributed by atoms with Crippen LogP contribution in [0.3, 0.4) is 0 Å². The second kappa shape index (κ2) is 7.33. The van der Waals surface area contributed by atoms with Gasteiger partial charge >= 0.3 is 0 Å². The lowest BCUT2D eigenvalue weighted by molar-refractivity contribution is 0.488. The van der Waals surface area contributed by atoms with Gasteiger partial charge in [0.05, 0.1) is 0 Å². The number of hydrogen-bond acceptors (Lipinski definition) is 1. The molecule has 0 spiro atoms. The zero-order chi connectivity index (χ0) is 10.9. The molecule has 0 radical (unpaired) electrons. The van der Waals surface area contributed by atoms with Crippen LogP contribution in [0.5, 0.6) is 0 Å². The van der Waals surface area contributed by atoms with Gasteiger partial charge in [-0.3, -0.25) is 0 Å². The quantitative estimate of drug-likeness (QED) is 0.642. The first-order valence-corrected chi connectivity index (χ1v) is 6.18. The van der Waals surface area contributed by atoms with Crippen molar-refractivity contribution in [2.24, 2.45) is 5.92 Å². The van der Waals surface area contributed by atoms with Crippen molar-refractivity contribution in [1.29, 1.82) is 0 Å². The third kappa shape index (κ3) is 4.37. The van der Waals surface area contributed by atoms with Gasteiger partial charge < -0.3 is 5.32 Å². The summed E-state index contributed by atoms with van der Waals surface area (Å²) in [5.41, 5.74) is 1.37. The van der Waals surface area contributed by atoms with Gasteiger partial charge in [-0.1, -0.05) is 45.3 Å². The lowest BCUT2D eigenvalue weighted by Crippen LogP contribution is -2.14. The van der Waals surface area contributed by atoms with Crippen molar-refractivity contribution in [2.45, 2.75) is 46.0 Å². The second-order valence-corrected chi connectivity index (χ2v) is 4.11. The van der Waals surface area contributed by atoms with Crippen LogP contribution in [0.15, 0.2) is 36.2 Å². The highest BCUT2D eigenvalue weighted by molar-refractivity contribution is 5.22. The number of nitrogens with one attached hydrogen (secondary N) is 1. The van der Waals surface area contributed by atoms with E-state index in [0.717, 1.165) is 0 Å². The summed E-state index contributed by atoms with van der Waals surface area (Å²) < 4.78 is 0. The van der Waals surface area contributed by atoms with E-state index in [9.17, 15) is 0 Å². The van der Waals surface area contributed by atoms with E-state index >= 15 is 0 Å². The Kier molecular flexibility index (Phi) is 5.91. The summed E-state index contributed by atoms with van der Waals surface area (Å²) in [6, 6.07) is 0. The largest absolute Gasteiger partial charge is 0.365 e. The van der Waals surface area contributed by atoms with Crippen molar-refractivity contribution >= 4 is 0 Å². The predicted molar refractivity (Wildman–Crippen MR) is 67.4 cm³/mol. The van der Waals surface area contributed by atoms with E-state index in [4.69, 9.17) is 0 Å². The van der Waals surface area contributed by atoms with E-state index in [2.05, 4.69) is 37.4 Å². The van der Waals surface area contributed by atoms with Crippen LogP contribution >= 0.6 is 0 Å². The monoisotopic (exact) mass is 205 g/mol. The summed E-state index contributed by atoms with van der Waals surface area (Å²) >= 11 is 0. The lowest BCUT2D eigenvalue weighted by Gasteiger charge is -2.18. The Labute approximate surface area is 94.0 Å². The maximum absolute atomic E-state index is 3.38. The minimum Gasteiger partial charge on any atom is -0.365 e. The van der Waals surface area contributed by atoms with Crippen LogP contribution < -0.4 is 5.32 Å². The average Bonchev–Trinajstić information content (AvgIpc) is 2.53. The normalized spacial score (nSPS) is 16.8. The van der Waals surface area contributed by atoms with E-state index < -0.39 is 0 Å². The van der Waals surface area contributed by atoms with Crippen LogP contribution in [0.2, 0.25) is 0 Å². The van der Waals surface area contributed by atoms with Crippen LogP contribution in [0, 0.1) is 5.92 Å². The molecular weight excluding hydrogens is 182 g/mol. The summed E-state index contributed by atoms with van der Waals surface area (Å²) in [5, 5.41) is 3.38. The smallest absolute Gasteiger partial charge is 0.0177 e. The standard InChI is InChI=1S/C14H23N/c1-3-5-7-10-13(4-2)14-11-8-6-9-12-15-14/h6,8-9,11-13,15H,3-5,7,10H2,1-2H3. The summed E-state index contributed by atoms with van der Waals surface area (Å²) in [6.07, 6.45) is 17.0. The molecule has 1 aliphatic rings. The van der Waals surface area contributed by atoms with Crippen molar-refractivity contribution in [3.63, 3.8) is 0 Å². The highest BCUT2D eigenvalue weighted by Crippen LogP contribution is 2.21. The molecule has 0 saturated carbocycles. The van der Waals surface area contributed by atoms with Gasteiger partial charge in [0.1, 0.15) is 0 Å².